The summed E-state index contributed by atoms with van der Waals surface area (Å²) >= 11 is 6.03. The van der Waals surface area contributed by atoms with E-state index in [1.165, 1.54) is 4.90 Å². The molecule has 0 saturated carbocycles. The fraction of sp³-hybridized carbons (Fsp3) is 0.273. The van der Waals surface area contributed by atoms with Crippen molar-refractivity contribution in [1.29, 1.82) is 0 Å². The second kappa shape index (κ2) is 7.41. The largest absolute Gasteiger partial charge is 0.378 e. The van der Waals surface area contributed by atoms with Crippen LogP contribution in [0.1, 0.15) is 16.7 Å². The van der Waals surface area contributed by atoms with Crippen LogP contribution >= 0.6 is 11.6 Å². The Morgan fingerprint density at radius 2 is 1.61 bits per heavy atom. The van der Waals surface area contributed by atoms with Crippen molar-refractivity contribution in [2.75, 3.05) is 31.2 Å². The van der Waals surface area contributed by atoms with Crippen LogP contribution in [0.15, 0.2) is 48.2 Å². The van der Waals surface area contributed by atoms with E-state index in [-0.39, 0.29) is 11.8 Å². The van der Waals surface area contributed by atoms with Crippen molar-refractivity contribution in [3.05, 3.63) is 69.9 Å². The highest BCUT2D eigenvalue weighted by atomic mass is 35.5. The number of carbonyl (C=O) groups excluding carboxylic acids is 2. The summed E-state index contributed by atoms with van der Waals surface area (Å²) in [7, 11) is 0. The minimum Gasteiger partial charge on any atom is -0.378 e. The van der Waals surface area contributed by atoms with E-state index in [1.807, 2.05) is 36.9 Å². The molecule has 2 aliphatic heterocycles. The summed E-state index contributed by atoms with van der Waals surface area (Å²) in [6, 6.07) is 12.7. The van der Waals surface area contributed by atoms with Gasteiger partial charge in [0.2, 0.25) is 0 Å². The van der Waals surface area contributed by atoms with Gasteiger partial charge in [0, 0.05) is 18.1 Å². The van der Waals surface area contributed by atoms with E-state index >= 15 is 0 Å². The Bertz CT molecular complexity index is 976. The van der Waals surface area contributed by atoms with Gasteiger partial charge in [0.25, 0.3) is 11.8 Å². The number of aryl methyl sites for hydroxylation is 1. The predicted octanol–water partition coefficient (Wildman–Crippen LogP) is 3.57. The van der Waals surface area contributed by atoms with E-state index in [1.54, 1.807) is 24.3 Å². The zero-order valence-corrected chi connectivity index (χ0v) is 16.6. The van der Waals surface area contributed by atoms with E-state index in [9.17, 15) is 9.59 Å². The molecule has 0 bridgehead atoms. The molecule has 0 radical (unpaired) electrons. The van der Waals surface area contributed by atoms with Crippen molar-refractivity contribution >= 4 is 34.7 Å². The third-order valence-corrected chi connectivity index (χ3v) is 5.59. The monoisotopic (exact) mass is 396 g/mol. The third kappa shape index (κ3) is 3.11. The number of amides is 2. The molecule has 0 aromatic heterocycles. The molecule has 1 saturated heterocycles. The normalized spacial score (nSPS) is 17.7. The lowest BCUT2D eigenvalue weighted by molar-refractivity contribution is -0.121. The summed E-state index contributed by atoms with van der Waals surface area (Å²) in [5.41, 5.74) is 4.14. The molecule has 2 amide bonds. The maximum atomic E-state index is 13.5. The molecule has 4 rings (SSSR count). The van der Waals surface area contributed by atoms with Crippen LogP contribution in [0.25, 0.3) is 5.57 Å². The standard InChI is InChI=1S/C22H21ClN2O3/c1-14-4-3-5-18(15(14)2)25-21(26)19(16-6-8-17(23)9-7-16)20(22(25)27)24-10-12-28-13-11-24/h3-9H,10-13H2,1-2H3. The van der Waals surface area contributed by atoms with Gasteiger partial charge in [-0.1, -0.05) is 35.9 Å². The molecule has 5 nitrogen and oxygen atoms in total. The lowest BCUT2D eigenvalue weighted by Gasteiger charge is -2.29. The second-order valence-electron chi connectivity index (χ2n) is 6.99. The van der Waals surface area contributed by atoms with Gasteiger partial charge in [-0.2, -0.15) is 0 Å². The summed E-state index contributed by atoms with van der Waals surface area (Å²) in [5.74, 6) is -0.590. The molecule has 0 N–H and O–H groups in total. The SMILES string of the molecule is Cc1cccc(N2C(=O)C(c3ccc(Cl)cc3)=C(N3CCOCC3)C2=O)c1C. The first-order valence-corrected chi connectivity index (χ1v) is 9.64. The van der Waals surface area contributed by atoms with E-state index < -0.39 is 0 Å². The summed E-state index contributed by atoms with van der Waals surface area (Å²) in [6.07, 6.45) is 0. The Morgan fingerprint density at radius 1 is 0.929 bits per heavy atom. The number of carbonyl (C=O) groups is 2. The number of nitrogens with zero attached hydrogens (tertiary/aromatic N) is 2. The Hall–Kier alpha value is -2.63. The number of morpholine rings is 1. The quantitative estimate of drug-likeness (QED) is 0.744. The van der Waals surface area contributed by atoms with Crippen molar-refractivity contribution in [3.8, 4) is 0 Å². The Labute approximate surface area is 169 Å². The fourth-order valence-corrected chi connectivity index (χ4v) is 3.80. The minimum absolute atomic E-state index is 0.287. The van der Waals surface area contributed by atoms with Crippen LogP contribution in [-0.2, 0) is 14.3 Å². The molecule has 0 atom stereocenters. The maximum Gasteiger partial charge on any atom is 0.282 e. The summed E-state index contributed by atoms with van der Waals surface area (Å²) < 4.78 is 5.43. The highest BCUT2D eigenvalue weighted by molar-refractivity contribution is 6.45. The van der Waals surface area contributed by atoms with Crippen molar-refractivity contribution < 1.29 is 14.3 Å². The van der Waals surface area contributed by atoms with Gasteiger partial charge in [0.1, 0.15) is 5.70 Å². The van der Waals surface area contributed by atoms with Gasteiger partial charge in [-0.3, -0.25) is 9.59 Å². The third-order valence-electron chi connectivity index (χ3n) is 5.34. The number of imide groups is 1. The number of halogens is 1. The van der Waals surface area contributed by atoms with Crippen LogP contribution in [-0.4, -0.2) is 43.0 Å². The number of rotatable bonds is 3. The van der Waals surface area contributed by atoms with E-state index in [0.29, 0.717) is 53.8 Å². The summed E-state index contributed by atoms with van der Waals surface area (Å²) in [6.45, 7) is 6.11. The summed E-state index contributed by atoms with van der Waals surface area (Å²) in [4.78, 5) is 30.2. The van der Waals surface area contributed by atoms with Crippen LogP contribution in [0.2, 0.25) is 5.02 Å². The highest BCUT2D eigenvalue weighted by Crippen LogP contribution is 2.37. The number of anilines is 1. The average Bonchev–Trinajstić information content (AvgIpc) is 2.96. The highest BCUT2D eigenvalue weighted by Gasteiger charge is 2.43. The van der Waals surface area contributed by atoms with Crippen LogP contribution in [0.5, 0.6) is 0 Å². The van der Waals surface area contributed by atoms with Gasteiger partial charge < -0.3 is 9.64 Å². The molecular formula is C22H21ClN2O3. The second-order valence-corrected chi connectivity index (χ2v) is 7.43. The van der Waals surface area contributed by atoms with Crippen LogP contribution < -0.4 is 4.90 Å². The van der Waals surface area contributed by atoms with Gasteiger partial charge in [-0.15, -0.1) is 0 Å². The number of benzene rings is 2. The fourth-order valence-electron chi connectivity index (χ4n) is 3.67. The van der Waals surface area contributed by atoms with Crippen LogP contribution in [0, 0.1) is 13.8 Å². The van der Waals surface area contributed by atoms with Crippen molar-refractivity contribution in [2.45, 2.75) is 13.8 Å². The molecular weight excluding hydrogens is 376 g/mol. The Morgan fingerprint density at radius 3 is 2.29 bits per heavy atom. The van der Waals surface area contributed by atoms with Gasteiger partial charge >= 0.3 is 0 Å². The predicted molar refractivity (Wildman–Crippen MR) is 109 cm³/mol. The molecule has 2 heterocycles. The first-order chi connectivity index (χ1) is 13.5. The van der Waals surface area contributed by atoms with E-state index in [4.69, 9.17) is 16.3 Å². The Kier molecular flexibility index (Phi) is 4.96. The molecule has 1 fully saturated rings. The van der Waals surface area contributed by atoms with E-state index in [0.717, 1.165) is 11.1 Å². The first kappa shape index (κ1) is 18.7. The smallest absolute Gasteiger partial charge is 0.282 e. The van der Waals surface area contributed by atoms with Gasteiger partial charge in [-0.25, -0.2) is 4.90 Å². The number of hydrogen-bond acceptors (Lipinski definition) is 4. The molecule has 144 valence electrons. The molecule has 0 unspecified atom stereocenters. The molecule has 2 aromatic rings. The lowest BCUT2D eigenvalue weighted by Crippen LogP contribution is -2.40. The first-order valence-electron chi connectivity index (χ1n) is 9.27. The molecule has 2 aromatic carbocycles. The summed E-state index contributed by atoms with van der Waals surface area (Å²) in [5, 5.41) is 0.584. The lowest BCUT2D eigenvalue weighted by atomic mass is 10.0. The zero-order valence-electron chi connectivity index (χ0n) is 15.9. The molecule has 28 heavy (non-hydrogen) atoms. The van der Waals surface area contributed by atoms with Gasteiger partial charge in [0.15, 0.2) is 0 Å². The molecule has 2 aliphatic rings. The average molecular weight is 397 g/mol. The number of ether oxygens (including phenoxy) is 1. The molecule has 6 heteroatoms. The van der Waals surface area contributed by atoms with Crippen molar-refractivity contribution in [2.24, 2.45) is 0 Å². The number of hydrogen-bond donors (Lipinski definition) is 0. The topological polar surface area (TPSA) is 49.9 Å². The molecule has 0 aliphatic carbocycles. The van der Waals surface area contributed by atoms with Crippen molar-refractivity contribution in [3.63, 3.8) is 0 Å². The zero-order chi connectivity index (χ0) is 19.8. The minimum atomic E-state index is -0.303. The van der Waals surface area contributed by atoms with E-state index in [2.05, 4.69) is 0 Å². The van der Waals surface area contributed by atoms with Crippen LogP contribution in [0.3, 0.4) is 0 Å². The van der Waals surface area contributed by atoms with Gasteiger partial charge in [-0.05, 0) is 48.7 Å². The maximum absolute atomic E-state index is 13.5. The van der Waals surface area contributed by atoms with Crippen LogP contribution in [0.4, 0.5) is 5.69 Å². The van der Waals surface area contributed by atoms with Gasteiger partial charge in [0.05, 0.1) is 24.5 Å². The van der Waals surface area contributed by atoms with Crippen molar-refractivity contribution in [1.82, 2.24) is 4.90 Å². The Balaban J connectivity index is 1.85. The molecule has 0 spiro atoms.